The van der Waals surface area contributed by atoms with E-state index in [9.17, 15) is 14.4 Å². The lowest BCUT2D eigenvalue weighted by Crippen LogP contribution is -2.45. The number of amides is 3. The zero-order valence-corrected chi connectivity index (χ0v) is 17.3. The molecule has 0 radical (unpaired) electrons. The molecule has 31 heavy (non-hydrogen) atoms. The Balaban J connectivity index is 1.48. The number of nitrogens with one attached hydrogen (secondary N) is 2. The van der Waals surface area contributed by atoms with Gasteiger partial charge in [0.25, 0.3) is 11.8 Å². The molecule has 3 amide bonds. The van der Waals surface area contributed by atoms with E-state index in [1.165, 1.54) is 6.92 Å². The smallest absolute Gasteiger partial charge is 0.262 e. The Kier molecular flexibility index (Phi) is 5.21. The maximum Gasteiger partial charge on any atom is 0.262 e. The molecule has 3 aromatic rings. The van der Waals surface area contributed by atoms with Crippen LogP contribution in [0.4, 0.5) is 17.3 Å². The number of hydrogen-bond acceptors (Lipinski definition) is 6. The summed E-state index contributed by atoms with van der Waals surface area (Å²) < 4.78 is 0. The summed E-state index contributed by atoms with van der Waals surface area (Å²) in [5.41, 5.74) is 3.51. The van der Waals surface area contributed by atoms with Gasteiger partial charge in [-0.25, -0.2) is 9.97 Å². The molecule has 4 rings (SSSR count). The molecule has 0 fully saturated rings. The standard InChI is InChI=1S/C23H21N5O3/c1-13-11-14(2)25-23(24-13)27-17-8-6-7-16(12-17)26-20(29)15(3)28-21(30)18-9-4-5-10-19(18)22(28)31/h4-12,15H,1-3H3,(H,26,29)(H,24,25,27). The average molecular weight is 415 g/mol. The molecule has 1 atom stereocenters. The summed E-state index contributed by atoms with van der Waals surface area (Å²) in [4.78, 5) is 47.7. The minimum Gasteiger partial charge on any atom is -0.324 e. The Morgan fingerprint density at radius 1 is 0.871 bits per heavy atom. The molecule has 2 aromatic carbocycles. The van der Waals surface area contributed by atoms with Crippen LogP contribution >= 0.6 is 0 Å². The third-order valence-corrected chi connectivity index (χ3v) is 4.96. The highest BCUT2D eigenvalue weighted by molar-refractivity contribution is 6.23. The Morgan fingerprint density at radius 3 is 2.06 bits per heavy atom. The Bertz CT molecular complexity index is 1150. The largest absolute Gasteiger partial charge is 0.324 e. The van der Waals surface area contributed by atoms with Crippen molar-refractivity contribution in [2.45, 2.75) is 26.8 Å². The van der Waals surface area contributed by atoms with Crippen molar-refractivity contribution in [1.29, 1.82) is 0 Å². The molecule has 0 saturated heterocycles. The van der Waals surface area contributed by atoms with Gasteiger partial charge in [-0.15, -0.1) is 0 Å². The highest BCUT2D eigenvalue weighted by Crippen LogP contribution is 2.25. The summed E-state index contributed by atoms with van der Waals surface area (Å²) in [6.45, 7) is 5.30. The summed E-state index contributed by atoms with van der Waals surface area (Å²) in [5.74, 6) is -0.939. The van der Waals surface area contributed by atoms with E-state index < -0.39 is 23.8 Å². The van der Waals surface area contributed by atoms with Crippen LogP contribution in [-0.4, -0.2) is 38.6 Å². The second kappa shape index (κ2) is 7.98. The fourth-order valence-electron chi connectivity index (χ4n) is 3.51. The van der Waals surface area contributed by atoms with Gasteiger partial charge in [0.05, 0.1) is 11.1 Å². The second-order valence-electron chi connectivity index (χ2n) is 7.37. The number of carbonyl (C=O) groups is 3. The number of imide groups is 1. The number of fused-ring (bicyclic) bond motifs is 1. The van der Waals surface area contributed by atoms with Crippen LogP contribution in [0.2, 0.25) is 0 Å². The van der Waals surface area contributed by atoms with Gasteiger partial charge in [-0.3, -0.25) is 19.3 Å². The van der Waals surface area contributed by atoms with Crippen molar-refractivity contribution >= 4 is 35.0 Å². The van der Waals surface area contributed by atoms with Crippen molar-refractivity contribution in [3.63, 3.8) is 0 Å². The molecule has 2 heterocycles. The van der Waals surface area contributed by atoms with E-state index >= 15 is 0 Å². The Hall–Kier alpha value is -4.07. The molecule has 1 unspecified atom stereocenters. The number of benzene rings is 2. The van der Waals surface area contributed by atoms with Crippen molar-refractivity contribution in [1.82, 2.24) is 14.9 Å². The van der Waals surface area contributed by atoms with Gasteiger partial charge >= 0.3 is 0 Å². The fourth-order valence-corrected chi connectivity index (χ4v) is 3.51. The van der Waals surface area contributed by atoms with Crippen LogP contribution in [0, 0.1) is 13.8 Å². The van der Waals surface area contributed by atoms with E-state index in [1.807, 2.05) is 26.0 Å². The summed E-state index contributed by atoms with van der Waals surface area (Å²) in [5, 5.41) is 5.89. The van der Waals surface area contributed by atoms with Crippen LogP contribution in [0.25, 0.3) is 0 Å². The molecular formula is C23H21N5O3. The van der Waals surface area contributed by atoms with Crippen molar-refractivity contribution in [2.24, 2.45) is 0 Å². The molecule has 0 saturated carbocycles. The molecule has 1 aliphatic heterocycles. The molecule has 2 N–H and O–H groups in total. The van der Waals surface area contributed by atoms with Gasteiger partial charge in [0.2, 0.25) is 11.9 Å². The SMILES string of the molecule is Cc1cc(C)nc(Nc2cccc(NC(=O)C(C)N3C(=O)c4ccccc4C3=O)c2)n1. The fraction of sp³-hybridized carbons (Fsp3) is 0.174. The molecule has 1 aliphatic rings. The van der Waals surface area contributed by atoms with E-state index in [0.717, 1.165) is 16.3 Å². The zero-order chi connectivity index (χ0) is 22.1. The van der Waals surface area contributed by atoms with E-state index in [0.29, 0.717) is 28.5 Å². The van der Waals surface area contributed by atoms with E-state index in [-0.39, 0.29) is 0 Å². The van der Waals surface area contributed by atoms with Crippen molar-refractivity contribution in [2.75, 3.05) is 10.6 Å². The number of carbonyl (C=O) groups excluding carboxylic acids is 3. The summed E-state index contributed by atoms with van der Waals surface area (Å²) in [6, 6.07) is 14.5. The molecule has 156 valence electrons. The van der Waals surface area contributed by atoms with Gasteiger partial charge in [-0.1, -0.05) is 18.2 Å². The van der Waals surface area contributed by atoms with Crippen LogP contribution in [0.5, 0.6) is 0 Å². The van der Waals surface area contributed by atoms with Crippen LogP contribution in [0.1, 0.15) is 39.0 Å². The monoisotopic (exact) mass is 415 g/mol. The van der Waals surface area contributed by atoms with Crippen molar-refractivity contribution < 1.29 is 14.4 Å². The molecule has 8 heteroatoms. The minimum atomic E-state index is -0.966. The maximum atomic E-state index is 12.8. The van der Waals surface area contributed by atoms with Crippen LogP contribution < -0.4 is 10.6 Å². The molecular weight excluding hydrogens is 394 g/mol. The molecule has 0 bridgehead atoms. The Morgan fingerprint density at radius 2 is 1.45 bits per heavy atom. The third kappa shape index (κ3) is 4.00. The van der Waals surface area contributed by atoms with Gasteiger partial charge in [-0.05, 0) is 57.2 Å². The zero-order valence-electron chi connectivity index (χ0n) is 17.3. The minimum absolute atomic E-state index is 0.312. The molecule has 1 aromatic heterocycles. The lowest BCUT2D eigenvalue weighted by Gasteiger charge is -2.21. The summed E-state index contributed by atoms with van der Waals surface area (Å²) >= 11 is 0. The summed E-state index contributed by atoms with van der Waals surface area (Å²) in [6.07, 6.45) is 0. The van der Waals surface area contributed by atoms with Gasteiger partial charge < -0.3 is 10.6 Å². The van der Waals surface area contributed by atoms with Gasteiger partial charge in [0, 0.05) is 22.8 Å². The van der Waals surface area contributed by atoms with Gasteiger partial charge in [0.1, 0.15) is 6.04 Å². The average Bonchev–Trinajstić information content (AvgIpc) is 2.97. The third-order valence-electron chi connectivity index (χ3n) is 4.96. The number of hydrogen-bond donors (Lipinski definition) is 2. The van der Waals surface area contributed by atoms with Gasteiger partial charge in [0.15, 0.2) is 0 Å². The lowest BCUT2D eigenvalue weighted by molar-refractivity contribution is -0.119. The first-order chi connectivity index (χ1) is 14.8. The van der Waals surface area contributed by atoms with Crippen molar-refractivity contribution in [3.05, 3.63) is 77.1 Å². The Labute approximate surface area is 179 Å². The van der Waals surface area contributed by atoms with Gasteiger partial charge in [-0.2, -0.15) is 0 Å². The van der Waals surface area contributed by atoms with E-state index in [4.69, 9.17) is 0 Å². The first-order valence-corrected chi connectivity index (χ1v) is 9.80. The normalized spacial score (nSPS) is 13.7. The van der Waals surface area contributed by atoms with Crippen LogP contribution in [0.3, 0.4) is 0 Å². The van der Waals surface area contributed by atoms with Crippen molar-refractivity contribution in [3.8, 4) is 0 Å². The second-order valence-corrected chi connectivity index (χ2v) is 7.37. The van der Waals surface area contributed by atoms with E-state index in [2.05, 4.69) is 20.6 Å². The predicted molar refractivity (Wildman–Crippen MR) is 116 cm³/mol. The van der Waals surface area contributed by atoms with Crippen LogP contribution in [-0.2, 0) is 4.79 Å². The first-order valence-electron chi connectivity index (χ1n) is 9.80. The quantitative estimate of drug-likeness (QED) is 0.619. The number of aromatic nitrogens is 2. The topological polar surface area (TPSA) is 104 Å². The molecule has 8 nitrogen and oxygen atoms in total. The summed E-state index contributed by atoms with van der Waals surface area (Å²) in [7, 11) is 0. The molecule has 0 spiro atoms. The first kappa shape index (κ1) is 20.2. The number of rotatable bonds is 5. The van der Waals surface area contributed by atoms with E-state index in [1.54, 1.807) is 42.5 Å². The number of anilines is 3. The lowest BCUT2D eigenvalue weighted by atomic mass is 10.1. The maximum absolute atomic E-state index is 12.8. The van der Waals surface area contributed by atoms with Crippen LogP contribution in [0.15, 0.2) is 54.6 Å². The highest BCUT2D eigenvalue weighted by atomic mass is 16.2. The number of nitrogens with zero attached hydrogens (tertiary/aromatic N) is 3. The number of aryl methyl sites for hydroxylation is 2. The molecule has 0 aliphatic carbocycles. The predicted octanol–water partition coefficient (Wildman–Crippen LogP) is 3.46. The highest BCUT2D eigenvalue weighted by Gasteiger charge is 2.40.